The summed E-state index contributed by atoms with van der Waals surface area (Å²) in [6.07, 6.45) is 0.743. The summed E-state index contributed by atoms with van der Waals surface area (Å²) in [6, 6.07) is 19.2. The highest BCUT2D eigenvalue weighted by atomic mass is 19.1. The number of nitrogens with zero attached hydrogens (tertiary/aromatic N) is 2. The van der Waals surface area contributed by atoms with E-state index in [4.69, 9.17) is 4.74 Å². The smallest absolute Gasteiger partial charge is 0.326 e. The first-order valence-electron chi connectivity index (χ1n) is 11.0. The SMILES string of the molecule is O=C(c1ccc(-c2ccc3c(c2)CCN3C(=O)Nc2cccc(F)c2)cc1)N1CCOCC1. The second-order valence-electron chi connectivity index (χ2n) is 8.17. The molecular formula is C26H24FN3O3. The third-order valence-electron chi connectivity index (χ3n) is 6.06. The number of morpholine rings is 1. The van der Waals surface area contributed by atoms with Gasteiger partial charge in [0.1, 0.15) is 5.82 Å². The number of halogens is 1. The van der Waals surface area contributed by atoms with Gasteiger partial charge in [-0.05, 0) is 65.6 Å². The van der Waals surface area contributed by atoms with Gasteiger partial charge >= 0.3 is 6.03 Å². The number of fused-ring (bicyclic) bond motifs is 1. The van der Waals surface area contributed by atoms with Gasteiger partial charge < -0.3 is 15.0 Å². The van der Waals surface area contributed by atoms with Crippen molar-refractivity contribution in [2.45, 2.75) is 6.42 Å². The van der Waals surface area contributed by atoms with Crippen molar-refractivity contribution >= 4 is 23.3 Å². The standard InChI is InChI=1S/C26H24FN3O3/c27-22-2-1-3-23(17-22)28-26(32)30-11-10-21-16-20(8-9-24(21)30)18-4-6-19(7-5-18)25(31)29-12-14-33-15-13-29/h1-9,16-17H,10-15H2,(H,28,32). The molecule has 1 N–H and O–H groups in total. The third kappa shape index (κ3) is 4.45. The molecule has 3 aromatic rings. The lowest BCUT2D eigenvalue weighted by molar-refractivity contribution is 0.0303. The van der Waals surface area contributed by atoms with E-state index in [1.54, 1.807) is 17.0 Å². The molecule has 2 heterocycles. The van der Waals surface area contributed by atoms with Crippen LogP contribution in [0.15, 0.2) is 66.7 Å². The van der Waals surface area contributed by atoms with Crippen molar-refractivity contribution in [1.29, 1.82) is 0 Å². The van der Waals surface area contributed by atoms with Crippen LogP contribution in [-0.4, -0.2) is 49.7 Å². The maximum atomic E-state index is 13.4. The molecule has 7 heteroatoms. The molecule has 3 aromatic carbocycles. The van der Waals surface area contributed by atoms with Gasteiger partial charge in [0.15, 0.2) is 0 Å². The third-order valence-corrected chi connectivity index (χ3v) is 6.06. The van der Waals surface area contributed by atoms with E-state index in [-0.39, 0.29) is 11.9 Å². The van der Waals surface area contributed by atoms with E-state index in [0.717, 1.165) is 28.8 Å². The first-order valence-corrected chi connectivity index (χ1v) is 11.0. The number of anilines is 2. The summed E-state index contributed by atoms with van der Waals surface area (Å²) in [5, 5.41) is 2.76. The van der Waals surface area contributed by atoms with Gasteiger partial charge in [-0.3, -0.25) is 9.69 Å². The topological polar surface area (TPSA) is 61.9 Å². The Bertz CT molecular complexity index is 1190. The Kier molecular flexibility index (Phi) is 5.79. The number of ether oxygens (including phenoxy) is 1. The van der Waals surface area contributed by atoms with E-state index in [0.29, 0.717) is 44.1 Å². The van der Waals surface area contributed by atoms with Crippen LogP contribution in [-0.2, 0) is 11.2 Å². The lowest BCUT2D eigenvalue weighted by Crippen LogP contribution is -2.40. The first kappa shape index (κ1) is 21.2. The number of nitrogens with one attached hydrogen (secondary N) is 1. The Morgan fingerprint density at radius 1 is 0.879 bits per heavy atom. The number of carbonyl (C=O) groups is 2. The second kappa shape index (κ2) is 9.03. The van der Waals surface area contributed by atoms with Gasteiger partial charge in [0, 0.05) is 36.6 Å². The average Bonchev–Trinajstić information content (AvgIpc) is 3.28. The highest BCUT2D eigenvalue weighted by Gasteiger charge is 2.25. The maximum absolute atomic E-state index is 13.4. The summed E-state index contributed by atoms with van der Waals surface area (Å²) in [4.78, 5) is 28.9. The zero-order valence-electron chi connectivity index (χ0n) is 18.1. The zero-order valence-corrected chi connectivity index (χ0v) is 18.1. The second-order valence-corrected chi connectivity index (χ2v) is 8.17. The largest absolute Gasteiger partial charge is 0.378 e. The molecule has 0 atom stereocenters. The fourth-order valence-electron chi connectivity index (χ4n) is 4.30. The van der Waals surface area contributed by atoms with Crippen molar-refractivity contribution in [2.24, 2.45) is 0 Å². The number of amides is 3. The van der Waals surface area contributed by atoms with Crippen LogP contribution in [0.2, 0.25) is 0 Å². The van der Waals surface area contributed by atoms with Crippen LogP contribution in [0.3, 0.4) is 0 Å². The van der Waals surface area contributed by atoms with Crippen molar-refractivity contribution in [3.63, 3.8) is 0 Å². The fraction of sp³-hybridized carbons (Fsp3) is 0.231. The van der Waals surface area contributed by atoms with Gasteiger partial charge in [0.25, 0.3) is 5.91 Å². The van der Waals surface area contributed by atoms with Gasteiger partial charge in [-0.15, -0.1) is 0 Å². The summed E-state index contributed by atoms with van der Waals surface area (Å²) in [5.41, 5.74) is 5.08. The molecule has 6 nitrogen and oxygen atoms in total. The molecule has 1 saturated heterocycles. The van der Waals surface area contributed by atoms with Gasteiger partial charge in [0.2, 0.25) is 0 Å². The van der Waals surface area contributed by atoms with Crippen LogP contribution in [0.1, 0.15) is 15.9 Å². The van der Waals surface area contributed by atoms with Crippen molar-refractivity contribution in [3.8, 4) is 11.1 Å². The van der Waals surface area contributed by atoms with Crippen LogP contribution in [0.5, 0.6) is 0 Å². The van der Waals surface area contributed by atoms with Crippen molar-refractivity contribution in [1.82, 2.24) is 4.90 Å². The number of urea groups is 1. The summed E-state index contributed by atoms with van der Waals surface area (Å²) in [6.45, 7) is 2.96. The van der Waals surface area contributed by atoms with Gasteiger partial charge in [-0.25, -0.2) is 9.18 Å². The van der Waals surface area contributed by atoms with Crippen LogP contribution in [0, 0.1) is 5.82 Å². The van der Waals surface area contributed by atoms with Crippen molar-refractivity contribution in [3.05, 3.63) is 83.7 Å². The van der Waals surface area contributed by atoms with Crippen LogP contribution in [0.25, 0.3) is 11.1 Å². The van der Waals surface area contributed by atoms with E-state index in [1.165, 1.54) is 12.1 Å². The molecule has 33 heavy (non-hydrogen) atoms. The molecule has 168 valence electrons. The predicted molar refractivity (Wildman–Crippen MR) is 125 cm³/mol. The minimum Gasteiger partial charge on any atom is -0.378 e. The molecule has 0 unspecified atom stereocenters. The van der Waals surface area contributed by atoms with E-state index >= 15 is 0 Å². The van der Waals surface area contributed by atoms with Crippen molar-refractivity contribution < 1.29 is 18.7 Å². The Morgan fingerprint density at radius 2 is 1.64 bits per heavy atom. The highest BCUT2D eigenvalue weighted by Crippen LogP contribution is 2.33. The Hall–Kier alpha value is -3.71. The van der Waals surface area contributed by atoms with Crippen LogP contribution in [0.4, 0.5) is 20.6 Å². The van der Waals surface area contributed by atoms with Crippen molar-refractivity contribution in [2.75, 3.05) is 43.1 Å². The number of rotatable bonds is 3. The normalized spacial score (nSPS) is 15.3. The first-order chi connectivity index (χ1) is 16.1. The lowest BCUT2D eigenvalue weighted by atomic mass is 10.0. The minimum atomic E-state index is -0.392. The zero-order chi connectivity index (χ0) is 22.8. The molecule has 3 amide bonds. The monoisotopic (exact) mass is 445 g/mol. The van der Waals surface area contributed by atoms with Gasteiger partial charge in [-0.1, -0.05) is 24.3 Å². The van der Waals surface area contributed by atoms with E-state index < -0.39 is 5.82 Å². The number of carbonyl (C=O) groups excluding carboxylic acids is 2. The molecule has 0 aliphatic carbocycles. The van der Waals surface area contributed by atoms with Crippen LogP contribution < -0.4 is 10.2 Å². The predicted octanol–water partition coefficient (Wildman–Crippen LogP) is 4.56. The van der Waals surface area contributed by atoms with E-state index in [1.807, 2.05) is 41.3 Å². The molecule has 0 spiro atoms. The average molecular weight is 445 g/mol. The molecule has 2 aliphatic heterocycles. The maximum Gasteiger partial charge on any atom is 0.326 e. The summed E-state index contributed by atoms with van der Waals surface area (Å²) < 4.78 is 18.7. The van der Waals surface area contributed by atoms with E-state index in [9.17, 15) is 14.0 Å². The molecule has 0 radical (unpaired) electrons. The fourth-order valence-corrected chi connectivity index (χ4v) is 4.30. The van der Waals surface area contributed by atoms with Crippen LogP contribution >= 0.6 is 0 Å². The Labute approximate surface area is 191 Å². The minimum absolute atomic E-state index is 0.0266. The lowest BCUT2D eigenvalue weighted by Gasteiger charge is -2.26. The summed E-state index contributed by atoms with van der Waals surface area (Å²) >= 11 is 0. The highest BCUT2D eigenvalue weighted by molar-refractivity contribution is 6.03. The molecular weight excluding hydrogens is 421 g/mol. The molecule has 0 bridgehead atoms. The molecule has 5 rings (SSSR count). The molecule has 1 fully saturated rings. The quantitative estimate of drug-likeness (QED) is 0.643. The molecule has 0 aromatic heterocycles. The number of benzene rings is 3. The molecule has 2 aliphatic rings. The number of hydrogen-bond acceptors (Lipinski definition) is 3. The molecule has 0 saturated carbocycles. The Balaban J connectivity index is 1.30. The summed E-state index contributed by atoms with van der Waals surface area (Å²) in [5.74, 6) is -0.365. The van der Waals surface area contributed by atoms with E-state index in [2.05, 4.69) is 11.4 Å². The van der Waals surface area contributed by atoms with Gasteiger partial charge in [0.05, 0.1) is 13.2 Å². The number of hydrogen-bond donors (Lipinski definition) is 1. The van der Waals surface area contributed by atoms with Gasteiger partial charge in [-0.2, -0.15) is 0 Å². The Morgan fingerprint density at radius 3 is 2.39 bits per heavy atom. The summed E-state index contributed by atoms with van der Waals surface area (Å²) in [7, 11) is 0.